The highest BCUT2D eigenvalue weighted by Gasteiger charge is 2.59. The molecule has 2 aliphatic heterocycles. The van der Waals surface area contributed by atoms with Crippen LogP contribution in [0, 0.1) is 40.9 Å². The van der Waals surface area contributed by atoms with E-state index < -0.39 is 52.5 Å². The predicted molar refractivity (Wildman–Crippen MR) is 189 cm³/mol. The molecule has 8 heteroatoms. The first-order valence-electron chi connectivity index (χ1n) is 19.0. The molecule has 0 aromatic rings. The van der Waals surface area contributed by atoms with Crippen molar-refractivity contribution < 1.29 is 38.9 Å². The number of fused-ring (bicyclic) bond motifs is 5. The average molecular weight is 685 g/mol. The Kier molecular flexibility index (Phi) is 12.6. The van der Waals surface area contributed by atoms with Crippen molar-refractivity contribution in [3.63, 3.8) is 0 Å². The van der Waals surface area contributed by atoms with Gasteiger partial charge in [0.1, 0.15) is 17.3 Å². The third-order valence-corrected chi connectivity index (χ3v) is 13.0. The summed E-state index contributed by atoms with van der Waals surface area (Å²) in [4.78, 5) is 57.3. The lowest BCUT2D eigenvalue weighted by Crippen LogP contribution is -2.53. The van der Waals surface area contributed by atoms with Crippen LogP contribution in [0.2, 0.25) is 0 Å². The molecular weight excluding hydrogens is 620 g/mol. The third-order valence-electron chi connectivity index (χ3n) is 13.0. The fourth-order valence-electron chi connectivity index (χ4n) is 9.41. The second-order valence-electron chi connectivity index (χ2n) is 17.2. The average Bonchev–Trinajstić information content (AvgIpc) is 3.12. The maximum atomic E-state index is 14.7. The number of esters is 1. The maximum Gasteiger partial charge on any atom is 0.313 e. The molecule has 2 heterocycles. The molecule has 2 bridgehead atoms. The number of aliphatic hydroxyl groups is 2. The van der Waals surface area contributed by atoms with Gasteiger partial charge in [0.25, 0.3) is 0 Å². The summed E-state index contributed by atoms with van der Waals surface area (Å²) in [6.07, 6.45) is 6.56. The molecule has 2 aliphatic carbocycles. The molecule has 0 amide bonds. The van der Waals surface area contributed by atoms with Crippen LogP contribution in [-0.2, 0) is 28.7 Å². The van der Waals surface area contributed by atoms with E-state index in [0.717, 1.165) is 36.0 Å². The zero-order valence-corrected chi connectivity index (χ0v) is 31.7. The highest BCUT2D eigenvalue weighted by Crippen LogP contribution is 2.56. The zero-order valence-electron chi connectivity index (χ0n) is 31.7. The van der Waals surface area contributed by atoms with E-state index in [1.807, 2.05) is 41.5 Å². The van der Waals surface area contributed by atoms with Crippen LogP contribution in [0.4, 0.5) is 0 Å². The second kappa shape index (κ2) is 15.6. The van der Waals surface area contributed by atoms with Crippen LogP contribution >= 0.6 is 0 Å². The molecule has 276 valence electrons. The number of ether oxygens (including phenoxy) is 2. The van der Waals surface area contributed by atoms with E-state index in [2.05, 4.69) is 13.0 Å². The summed E-state index contributed by atoms with van der Waals surface area (Å²) in [5, 5.41) is 22.8. The van der Waals surface area contributed by atoms with Crippen LogP contribution in [0.5, 0.6) is 0 Å². The van der Waals surface area contributed by atoms with Gasteiger partial charge in [0.05, 0.1) is 35.9 Å². The van der Waals surface area contributed by atoms with E-state index in [9.17, 15) is 29.4 Å². The van der Waals surface area contributed by atoms with Gasteiger partial charge in [-0.2, -0.15) is 0 Å². The van der Waals surface area contributed by atoms with Crippen LogP contribution in [0.3, 0.4) is 0 Å². The Morgan fingerprint density at radius 2 is 1.63 bits per heavy atom. The SMILES string of the molecule is COC(=O)[C@]12CC(=O)[C@H](C(C)C)CC(=O)[C@H](C)CCC[C@H](C)CC(=O)[C@H]1CC(C)=C1CC[C@]3(C)O[C@H](CC/C(C)=C\[C@@H]12)[C@@](C)(O)CC[C@@H]3O. The minimum Gasteiger partial charge on any atom is -0.469 e. The Morgan fingerprint density at radius 1 is 0.939 bits per heavy atom. The summed E-state index contributed by atoms with van der Waals surface area (Å²) in [5.74, 6) is -2.84. The van der Waals surface area contributed by atoms with Crippen molar-refractivity contribution in [3.05, 3.63) is 22.8 Å². The normalized spacial score (nSPS) is 41.8. The first kappa shape index (κ1) is 39.6. The lowest BCUT2D eigenvalue weighted by molar-refractivity contribution is -0.180. The predicted octanol–water partition coefficient (Wildman–Crippen LogP) is 7.27. The van der Waals surface area contributed by atoms with E-state index >= 15 is 0 Å². The van der Waals surface area contributed by atoms with E-state index in [1.165, 1.54) is 7.11 Å². The van der Waals surface area contributed by atoms with Crippen LogP contribution in [-0.4, -0.2) is 64.1 Å². The number of rotatable bonds is 2. The van der Waals surface area contributed by atoms with Gasteiger partial charge in [-0.25, -0.2) is 0 Å². The fourth-order valence-corrected chi connectivity index (χ4v) is 9.41. The lowest BCUT2D eigenvalue weighted by atomic mass is 9.53. The molecule has 1 saturated carbocycles. The Labute approximate surface area is 294 Å². The number of Topliss-reactive ketones (excluding diaryl/α,β-unsaturated/α-hetero) is 3. The Bertz CT molecular complexity index is 1320. The van der Waals surface area contributed by atoms with E-state index in [4.69, 9.17) is 9.47 Å². The molecule has 2 N–H and O–H groups in total. The molecule has 10 atom stereocenters. The van der Waals surface area contributed by atoms with Gasteiger partial charge in [-0.15, -0.1) is 0 Å². The number of hydrogen-bond acceptors (Lipinski definition) is 8. The summed E-state index contributed by atoms with van der Waals surface area (Å²) >= 11 is 0. The number of ketones is 3. The van der Waals surface area contributed by atoms with Gasteiger partial charge in [-0.1, -0.05) is 63.3 Å². The molecular formula is C41H64O8. The van der Waals surface area contributed by atoms with Crippen LogP contribution in [0.15, 0.2) is 22.8 Å². The van der Waals surface area contributed by atoms with Crippen molar-refractivity contribution in [1.82, 2.24) is 0 Å². The molecule has 4 rings (SSSR count). The largest absolute Gasteiger partial charge is 0.469 e. The molecule has 0 aromatic carbocycles. The van der Waals surface area contributed by atoms with Crippen LogP contribution in [0.1, 0.15) is 139 Å². The number of methoxy groups -OCH3 is 1. The van der Waals surface area contributed by atoms with Crippen molar-refractivity contribution in [2.45, 2.75) is 162 Å². The van der Waals surface area contributed by atoms with Crippen LogP contribution in [0.25, 0.3) is 0 Å². The summed E-state index contributed by atoms with van der Waals surface area (Å²) in [5.41, 5.74) is -0.574. The second-order valence-corrected chi connectivity index (χ2v) is 17.2. The smallest absolute Gasteiger partial charge is 0.313 e. The topological polar surface area (TPSA) is 127 Å². The molecule has 8 nitrogen and oxygen atoms in total. The summed E-state index contributed by atoms with van der Waals surface area (Å²) in [6, 6.07) is 0. The fraction of sp³-hybridized carbons (Fsp3) is 0.805. The number of carbonyl (C=O) groups excluding carboxylic acids is 4. The molecule has 0 radical (unpaired) electrons. The summed E-state index contributed by atoms with van der Waals surface area (Å²) < 4.78 is 12.3. The minimum absolute atomic E-state index is 0.0131. The van der Waals surface area contributed by atoms with Crippen LogP contribution < -0.4 is 0 Å². The van der Waals surface area contributed by atoms with E-state index in [-0.39, 0.29) is 47.9 Å². The Hall–Kier alpha value is -2.16. The molecule has 49 heavy (non-hydrogen) atoms. The van der Waals surface area contributed by atoms with Crippen molar-refractivity contribution in [2.75, 3.05) is 7.11 Å². The van der Waals surface area contributed by atoms with Gasteiger partial charge in [0.15, 0.2) is 0 Å². The molecule has 0 unspecified atom stereocenters. The van der Waals surface area contributed by atoms with Gasteiger partial charge in [-0.3, -0.25) is 19.2 Å². The van der Waals surface area contributed by atoms with Gasteiger partial charge >= 0.3 is 5.97 Å². The van der Waals surface area contributed by atoms with Crippen molar-refractivity contribution >= 4 is 23.3 Å². The number of hydrogen-bond donors (Lipinski definition) is 2. The van der Waals surface area contributed by atoms with E-state index in [0.29, 0.717) is 51.4 Å². The minimum atomic E-state index is -1.49. The van der Waals surface area contributed by atoms with Gasteiger partial charge < -0.3 is 19.7 Å². The highest BCUT2D eigenvalue weighted by molar-refractivity contribution is 5.97. The molecule has 0 aromatic heterocycles. The highest BCUT2D eigenvalue weighted by atomic mass is 16.5. The third kappa shape index (κ3) is 8.33. The monoisotopic (exact) mass is 684 g/mol. The standard InChI is InChI=1S/C41H64O8/c1-24(2)30-22-33(42)27(5)12-10-11-25(3)20-34(43)32-21-28(6)29-15-18-40(8)36(45)16-17-39(7,47)37(49-40)14-13-26(4)19-31(29)41(32,23-35(30)44)38(46)48-9/h19,24-25,27,30-32,36-37,45,47H,10-18,20-23H2,1-9H3/b26-19-/t25-,27+,30-,31-,32+,36-,37+,39-,40-,41-/m0/s1. The number of allylic oxidation sites excluding steroid dienone is 4. The van der Waals surface area contributed by atoms with Gasteiger partial charge in [-0.05, 0) is 90.9 Å². The van der Waals surface area contributed by atoms with Crippen molar-refractivity contribution in [1.29, 1.82) is 0 Å². The molecule has 0 spiro atoms. The molecule has 4 aliphatic rings. The van der Waals surface area contributed by atoms with Crippen molar-refractivity contribution in [3.8, 4) is 0 Å². The van der Waals surface area contributed by atoms with Gasteiger partial charge in [0.2, 0.25) is 0 Å². The quantitative estimate of drug-likeness (QED) is 0.230. The zero-order chi connectivity index (χ0) is 36.5. The lowest BCUT2D eigenvalue weighted by Gasteiger charge is -2.48. The van der Waals surface area contributed by atoms with Gasteiger partial charge in [0, 0.05) is 42.9 Å². The van der Waals surface area contributed by atoms with Crippen molar-refractivity contribution in [2.24, 2.45) is 40.9 Å². The Balaban J connectivity index is 1.94. The Morgan fingerprint density at radius 3 is 2.29 bits per heavy atom. The first-order valence-corrected chi connectivity index (χ1v) is 19.0. The molecule has 2 fully saturated rings. The summed E-state index contributed by atoms with van der Waals surface area (Å²) in [6.45, 7) is 15.6. The number of carbonyl (C=O) groups is 4. The van der Waals surface area contributed by atoms with E-state index in [1.54, 1.807) is 6.92 Å². The number of aliphatic hydroxyl groups excluding tert-OH is 1. The molecule has 1 saturated heterocycles. The maximum absolute atomic E-state index is 14.7. The summed E-state index contributed by atoms with van der Waals surface area (Å²) in [7, 11) is 1.34. The first-order chi connectivity index (χ1) is 22.9.